The highest BCUT2D eigenvalue weighted by Crippen LogP contribution is 2.35. The summed E-state index contributed by atoms with van der Waals surface area (Å²) in [6.07, 6.45) is 1.10. The first-order valence-electron chi connectivity index (χ1n) is 6.94. The average Bonchev–Trinajstić information content (AvgIpc) is 3.05. The van der Waals surface area contributed by atoms with Gasteiger partial charge < -0.3 is 15.0 Å². The van der Waals surface area contributed by atoms with Crippen molar-refractivity contribution in [3.63, 3.8) is 0 Å². The van der Waals surface area contributed by atoms with E-state index in [-0.39, 0.29) is 11.8 Å². The molecule has 102 valence electrons. The minimum atomic E-state index is -0.107. The number of fused-ring (bicyclic) bond motifs is 1. The maximum absolute atomic E-state index is 12.6. The van der Waals surface area contributed by atoms with Gasteiger partial charge in [0.25, 0.3) is 0 Å². The van der Waals surface area contributed by atoms with E-state index in [1.165, 1.54) is 0 Å². The van der Waals surface area contributed by atoms with E-state index < -0.39 is 0 Å². The quantitative estimate of drug-likeness (QED) is 0.889. The molecule has 0 radical (unpaired) electrons. The van der Waals surface area contributed by atoms with Crippen LogP contribution in [0.15, 0.2) is 24.3 Å². The van der Waals surface area contributed by atoms with Gasteiger partial charge in [0.05, 0.1) is 0 Å². The second-order valence-corrected chi connectivity index (χ2v) is 5.40. The topological polar surface area (TPSA) is 41.6 Å². The van der Waals surface area contributed by atoms with Gasteiger partial charge in [-0.25, -0.2) is 0 Å². The molecule has 0 spiro atoms. The van der Waals surface area contributed by atoms with Gasteiger partial charge >= 0.3 is 0 Å². The van der Waals surface area contributed by atoms with Crippen LogP contribution < -0.4 is 10.1 Å². The molecule has 1 aromatic rings. The van der Waals surface area contributed by atoms with E-state index in [2.05, 4.69) is 5.32 Å². The Morgan fingerprint density at radius 2 is 2.32 bits per heavy atom. The van der Waals surface area contributed by atoms with Crippen molar-refractivity contribution >= 4 is 5.91 Å². The van der Waals surface area contributed by atoms with Crippen molar-refractivity contribution in [2.45, 2.75) is 12.3 Å². The highest BCUT2D eigenvalue weighted by molar-refractivity contribution is 5.85. The van der Waals surface area contributed by atoms with E-state index in [0.29, 0.717) is 12.5 Å². The minimum absolute atomic E-state index is 0.107. The van der Waals surface area contributed by atoms with Crippen LogP contribution in [0.1, 0.15) is 17.9 Å². The number of hydrogen-bond acceptors (Lipinski definition) is 3. The molecule has 1 N–H and O–H groups in total. The number of para-hydroxylation sites is 1. The van der Waals surface area contributed by atoms with E-state index in [9.17, 15) is 4.79 Å². The third-order valence-electron chi connectivity index (χ3n) is 4.09. The lowest BCUT2D eigenvalue weighted by molar-refractivity contribution is -0.132. The first-order chi connectivity index (χ1) is 9.29. The summed E-state index contributed by atoms with van der Waals surface area (Å²) in [5.41, 5.74) is 1.05. The van der Waals surface area contributed by atoms with Crippen LogP contribution in [0.3, 0.4) is 0 Å². The van der Waals surface area contributed by atoms with Crippen molar-refractivity contribution in [1.29, 1.82) is 0 Å². The summed E-state index contributed by atoms with van der Waals surface area (Å²) in [5, 5.41) is 3.19. The van der Waals surface area contributed by atoms with Gasteiger partial charge in [0.2, 0.25) is 5.91 Å². The number of rotatable bonds is 3. The summed E-state index contributed by atoms with van der Waals surface area (Å²) in [6.45, 7) is 3.23. The maximum Gasteiger partial charge on any atom is 0.233 e. The van der Waals surface area contributed by atoms with E-state index in [1.807, 2.05) is 36.2 Å². The molecular formula is C15H20N2O2. The van der Waals surface area contributed by atoms with Crippen molar-refractivity contribution in [2.75, 3.05) is 33.3 Å². The van der Waals surface area contributed by atoms with Crippen molar-refractivity contribution in [1.82, 2.24) is 10.2 Å². The average molecular weight is 260 g/mol. The van der Waals surface area contributed by atoms with Crippen molar-refractivity contribution in [3.8, 4) is 5.75 Å². The summed E-state index contributed by atoms with van der Waals surface area (Å²) in [4.78, 5) is 14.6. The number of ether oxygens (including phenoxy) is 1. The number of hydrogen-bond donors (Lipinski definition) is 1. The van der Waals surface area contributed by atoms with Gasteiger partial charge in [0.1, 0.15) is 18.3 Å². The first-order valence-corrected chi connectivity index (χ1v) is 6.94. The van der Waals surface area contributed by atoms with Crippen molar-refractivity contribution in [3.05, 3.63) is 29.8 Å². The normalized spacial score (nSPS) is 25.2. The SMILES string of the molecule is CNC[C@@H]1CCN(C(=O)[C@@H]2COc3ccccc32)C1. The zero-order valence-corrected chi connectivity index (χ0v) is 11.3. The van der Waals surface area contributed by atoms with E-state index in [1.54, 1.807) is 0 Å². The molecule has 0 aliphatic carbocycles. The lowest BCUT2D eigenvalue weighted by Crippen LogP contribution is -2.34. The number of amides is 1. The Labute approximate surface area is 113 Å². The third kappa shape index (κ3) is 2.32. The predicted molar refractivity (Wildman–Crippen MR) is 73.3 cm³/mol. The smallest absolute Gasteiger partial charge is 0.233 e. The molecule has 0 unspecified atom stereocenters. The van der Waals surface area contributed by atoms with Crippen LogP contribution in [-0.4, -0.2) is 44.1 Å². The molecule has 0 aromatic heterocycles. The van der Waals surface area contributed by atoms with Crippen LogP contribution in [0.4, 0.5) is 0 Å². The van der Waals surface area contributed by atoms with Gasteiger partial charge in [-0.1, -0.05) is 18.2 Å². The molecule has 2 atom stereocenters. The van der Waals surface area contributed by atoms with Crippen molar-refractivity contribution in [2.24, 2.45) is 5.92 Å². The van der Waals surface area contributed by atoms with Crippen molar-refractivity contribution < 1.29 is 9.53 Å². The summed E-state index contributed by atoms with van der Waals surface area (Å²) >= 11 is 0. The van der Waals surface area contributed by atoms with E-state index in [0.717, 1.165) is 37.4 Å². The fourth-order valence-corrected chi connectivity index (χ4v) is 3.08. The first kappa shape index (κ1) is 12.5. The minimum Gasteiger partial charge on any atom is -0.492 e. The van der Waals surface area contributed by atoms with Gasteiger partial charge in [-0.05, 0) is 32.0 Å². The molecule has 0 bridgehead atoms. The predicted octanol–water partition coefficient (Wildman–Crippen LogP) is 1.23. The molecule has 3 rings (SSSR count). The van der Waals surface area contributed by atoms with Gasteiger partial charge in [-0.3, -0.25) is 4.79 Å². The van der Waals surface area contributed by atoms with E-state index in [4.69, 9.17) is 4.74 Å². The fraction of sp³-hybridized carbons (Fsp3) is 0.533. The second-order valence-electron chi connectivity index (χ2n) is 5.40. The Morgan fingerprint density at radius 3 is 3.16 bits per heavy atom. The van der Waals surface area contributed by atoms with Crippen LogP contribution in [-0.2, 0) is 4.79 Å². The molecular weight excluding hydrogens is 240 g/mol. The molecule has 2 aliphatic rings. The summed E-state index contributed by atoms with van der Waals surface area (Å²) in [6, 6.07) is 7.87. The molecule has 2 heterocycles. The monoisotopic (exact) mass is 260 g/mol. The molecule has 4 nitrogen and oxygen atoms in total. The standard InChI is InChI=1S/C15H20N2O2/c1-16-8-11-6-7-17(9-11)15(18)13-10-19-14-5-3-2-4-12(13)14/h2-5,11,13,16H,6-10H2,1H3/t11-,13+/m0/s1. The Bertz CT molecular complexity index is 475. The van der Waals surface area contributed by atoms with Gasteiger partial charge in [-0.2, -0.15) is 0 Å². The van der Waals surface area contributed by atoms with Crippen LogP contribution in [0, 0.1) is 5.92 Å². The number of nitrogens with zero attached hydrogens (tertiary/aromatic N) is 1. The summed E-state index contributed by atoms with van der Waals surface area (Å²) in [5.74, 6) is 1.58. The Balaban J connectivity index is 1.69. The number of carbonyl (C=O) groups is 1. The lowest BCUT2D eigenvalue weighted by Gasteiger charge is -2.20. The third-order valence-corrected chi connectivity index (χ3v) is 4.09. The number of carbonyl (C=O) groups excluding carboxylic acids is 1. The Morgan fingerprint density at radius 1 is 1.47 bits per heavy atom. The van der Waals surface area contributed by atoms with Gasteiger partial charge in [0.15, 0.2) is 0 Å². The zero-order valence-electron chi connectivity index (χ0n) is 11.3. The van der Waals surface area contributed by atoms with Crippen LogP contribution in [0.5, 0.6) is 5.75 Å². The Kier molecular flexibility index (Phi) is 3.42. The van der Waals surface area contributed by atoms with Gasteiger partial charge in [-0.15, -0.1) is 0 Å². The maximum atomic E-state index is 12.6. The largest absolute Gasteiger partial charge is 0.492 e. The highest BCUT2D eigenvalue weighted by Gasteiger charge is 2.35. The zero-order chi connectivity index (χ0) is 13.2. The highest BCUT2D eigenvalue weighted by atomic mass is 16.5. The Hall–Kier alpha value is -1.55. The number of benzene rings is 1. The molecule has 1 amide bonds. The van der Waals surface area contributed by atoms with Gasteiger partial charge in [0, 0.05) is 18.7 Å². The van der Waals surface area contributed by atoms with Crippen LogP contribution in [0.2, 0.25) is 0 Å². The molecule has 1 fully saturated rings. The number of nitrogens with one attached hydrogen (secondary N) is 1. The molecule has 1 aromatic carbocycles. The second kappa shape index (κ2) is 5.21. The number of likely N-dealkylation sites (tertiary alicyclic amines) is 1. The fourth-order valence-electron chi connectivity index (χ4n) is 3.08. The lowest BCUT2D eigenvalue weighted by atomic mass is 10.00. The summed E-state index contributed by atoms with van der Waals surface area (Å²) in [7, 11) is 1.96. The molecule has 1 saturated heterocycles. The molecule has 19 heavy (non-hydrogen) atoms. The van der Waals surface area contributed by atoms with Crippen LogP contribution in [0.25, 0.3) is 0 Å². The molecule has 2 aliphatic heterocycles. The van der Waals surface area contributed by atoms with Crippen LogP contribution >= 0.6 is 0 Å². The molecule has 0 saturated carbocycles. The van der Waals surface area contributed by atoms with E-state index >= 15 is 0 Å². The summed E-state index contributed by atoms with van der Waals surface area (Å²) < 4.78 is 5.61. The molecule has 4 heteroatoms.